The summed E-state index contributed by atoms with van der Waals surface area (Å²) >= 11 is 0. The first-order valence-corrected chi connectivity index (χ1v) is 9.89. The lowest BCUT2D eigenvalue weighted by Crippen LogP contribution is -2.60. The van der Waals surface area contributed by atoms with Gasteiger partial charge < -0.3 is 14.2 Å². The van der Waals surface area contributed by atoms with E-state index in [1.165, 1.54) is 0 Å². The molecule has 2 fully saturated rings. The van der Waals surface area contributed by atoms with Gasteiger partial charge in [0.15, 0.2) is 5.78 Å². The number of carbonyl (C=O) groups excluding carboxylic acids is 2. The maximum atomic E-state index is 13.4. The van der Waals surface area contributed by atoms with Crippen LogP contribution in [0.5, 0.6) is 5.75 Å². The third-order valence-corrected chi connectivity index (χ3v) is 5.48. The molecule has 0 aliphatic carbocycles. The Morgan fingerprint density at radius 2 is 1.61 bits per heavy atom. The Hall–Kier alpha value is -2.08. The van der Waals surface area contributed by atoms with Crippen LogP contribution in [0.25, 0.3) is 0 Å². The molecule has 1 aromatic rings. The van der Waals surface area contributed by atoms with Gasteiger partial charge in [-0.15, -0.1) is 0 Å². The number of benzene rings is 1. The van der Waals surface area contributed by atoms with Crippen LogP contribution in [0.4, 0.5) is 4.79 Å². The fourth-order valence-corrected chi connectivity index (χ4v) is 4.38. The zero-order valence-electron chi connectivity index (χ0n) is 17.7. The van der Waals surface area contributed by atoms with Crippen LogP contribution in [0.3, 0.4) is 0 Å². The molecule has 2 atom stereocenters. The summed E-state index contributed by atoms with van der Waals surface area (Å²) in [7, 11) is 1.63. The standard InChI is InChI=1S/C22H31NO5/c1-13-7-18(26-6)8-14(2)19(13)20(24)15-9-16-11-27-12-17(10-15)23(16)21(25)28-22(3,4)5/h7-8,15-17H,9-12H2,1-6H3. The predicted molar refractivity (Wildman–Crippen MR) is 106 cm³/mol. The number of fused-ring (bicyclic) bond motifs is 2. The van der Waals surface area contributed by atoms with E-state index in [1.807, 2.05) is 46.8 Å². The zero-order chi connectivity index (χ0) is 20.6. The second-order valence-corrected chi connectivity index (χ2v) is 8.90. The van der Waals surface area contributed by atoms with Crippen LogP contribution < -0.4 is 4.74 Å². The summed E-state index contributed by atoms with van der Waals surface area (Å²) < 4.78 is 16.6. The quantitative estimate of drug-likeness (QED) is 0.734. The monoisotopic (exact) mass is 389 g/mol. The van der Waals surface area contributed by atoms with Crippen LogP contribution in [-0.4, -0.2) is 54.8 Å². The molecule has 2 saturated heterocycles. The largest absolute Gasteiger partial charge is 0.497 e. The number of piperidine rings is 1. The molecule has 154 valence electrons. The van der Waals surface area contributed by atoms with Crippen LogP contribution in [0.15, 0.2) is 12.1 Å². The van der Waals surface area contributed by atoms with Crippen LogP contribution in [0, 0.1) is 19.8 Å². The van der Waals surface area contributed by atoms with Gasteiger partial charge in [-0.1, -0.05) is 0 Å². The van der Waals surface area contributed by atoms with Gasteiger partial charge in [-0.05, 0) is 70.7 Å². The Morgan fingerprint density at radius 1 is 1.07 bits per heavy atom. The van der Waals surface area contributed by atoms with Crippen molar-refractivity contribution in [3.05, 3.63) is 28.8 Å². The number of ether oxygens (including phenoxy) is 3. The summed E-state index contributed by atoms with van der Waals surface area (Å²) in [6, 6.07) is 3.55. The smallest absolute Gasteiger partial charge is 0.410 e. The summed E-state index contributed by atoms with van der Waals surface area (Å²) in [5, 5.41) is 0. The number of ketones is 1. The molecule has 2 aliphatic rings. The molecule has 3 rings (SSSR count). The third-order valence-electron chi connectivity index (χ3n) is 5.48. The molecule has 0 N–H and O–H groups in total. The first-order chi connectivity index (χ1) is 13.1. The molecule has 2 aliphatic heterocycles. The topological polar surface area (TPSA) is 65.1 Å². The Bertz CT molecular complexity index is 730. The van der Waals surface area contributed by atoms with E-state index in [9.17, 15) is 9.59 Å². The number of hydrogen-bond acceptors (Lipinski definition) is 5. The van der Waals surface area contributed by atoms with Gasteiger partial charge in [0.25, 0.3) is 0 Å². The van der Waals surface area contributed by atoms with Crippen LogP contribution >= 0.6 is 0 Å². The van der Waals surface area contributed by atoms with Gasteiger partial charge in [-0.2, -0.15) is 0 Å². The fourth-order valence-electron chi connectivity index (χ4n) is 4.38. The van der Waals surface area contributed by atoms with E-state index in [0.717, 1.165) is 22.4 Å². The summed E-state index contributed by atoms with van der Waals surface area (Å²) in [4.78, 5) is 27.9. The Labute approximate surface area is 167 Å². The first-order valence-electron chi connectivity index (χ1n) is 9.89. The second-order valence-electron chi connectivity index (χ2n) is 8.90. The normalized spacial score (nSPS) is 24.6. The van der Waals surface area contributed by atoms with Gasteiger partial charge in [-0.3, -0.25) is 9.69 Å². The van der Waals surface area contributed by atoms with Gasteiger partial charge in [0.05, 0.1) is 32.4 Å². The molecule has 2 bridgehead atoms. The van der Waals surface area contributed by atoms with Crippen LogP contribution in [-0.2, 0) is 9.47 Å². The maximum absolute atomic E-state index is 13.4. The van der Waals surface area contributed by atoms with Gasteiger partial charge in [0, 0.05) is 11.5 Å². The van der Waals surface area contributed by atoms with Crippen molar-refractivity contribution in [3.8, 4) is 5.75 Å². The Kier molecular flexibility index (Phi) is 5.71. The van der Waals surface area contributed by atoms with E-state index in [-0.39, 0.29) is 29.9 Å². The number of rotatable bonds is 3. The number of amides is 1. The summed E-state index contributed by atoms with van der Waals surface area (Å²) in [5.74, 6) is 0.790. The van der Waals surface area contributed by atoms with Crippen molar-refractivity contribution in [1.82, 2.24) is 4.90 Å². The first kappa shape index (κ1) is 20.6. The van der Waals surface area contributed by atoms with Crippen LogP contribution in [0.2, 0.25) is 0 Å². The highest BCUT2D eigenvalue weighted by molar-refractivity contribution is 6.00. The van der Waals surface area contributed by atoms with Crippen molar-refractivity contribution in [2.24, 2.45) is 5.92 Å². The van der Waals surface area contributed by atoms with Crippen LogP contribution in [0.1, 0.15) is 55.1 Å². The molecule has 1 aromatic carbocycles. The SMILES string of the molecule is COc1cc(C)c(C(=O)C2CC3COCC(C2)N3C(=O)OC(C)(C)C)c(C)c1. The Morgan fingerprint density at radius 3 is 2.07 bits per heavy atom. The van der Waals surface area contributed by atoms with Crippen molar-refractivity contribution in [1.29, 1.82) is 0 Å². The number of carbonyl (C=O) groups is 2. The number of morpholine rings is 1. The van der Waals surface area contributed by atoms with Crippen molar-refractivity contribution in [2.75, 3.05) is 20.3 Å². The highest BCUT2D eigenvalue weighted by Crippen LogP contribution is 2.36. The fraction of sp³-hybridized carbons (Fsp3) is 0.636. The molecule has 2 heterocycles. The van der Waals surface area contributed by atoms with E-state index < -0.39 is 5.60 Å². The Balaban J connectivity index is 1.80. The summed E-state index contributed by atoms with van der Waals surface area (Å²) in [6.45, 7) is 10.4. The number of Topliss-reactive ketones (excluding diaryl/α,β-unsaturated/α-hetero) is 1. The van der Waals surface area contributed by atoms with Gasteiger partial charge in [0.2, 0.25) is 0 Å². The number of hydrogen-bond donors (Lipinski definition) is 0. The van der Waals surface area contributed by atoms with E-state index in [2.05, 4.69) is 0 Å². The molecule has 2 unspecified atom stereocenters. The second kappa shape index (κ2) is 7.74. The van der Waals surface area contributed by atoms with Crippen molar-refractivity contribution in [2.45, 2.75) is 65.1 Å². The molecule has 28 heavy (non-hydrogen) atoms. The van der Waals surface area contributed by atoms with Crippen molar-refractivity contribution < 1.29 is 23.8 Å². The molecular weight excluding hydrogens is 358 g/mol. The molecule has 0 aromatic heterocycles. The lowest BCUT2D eigenvalue weighted by molar-refractivity contribution is -0.0861. The highest BCUT2D eigenvalue weighted by atomic mass is 16.6. The molecule has 6 heteroatoms. The van der Waals surface area contributed by atoms with Gasteiger partial charge >= 0.3 is 6.09 Å². The van der Waals surface area contributed by atoms with Gasteiger partial charge in [0.1, 0.15) is 11.4 Å². The van der Waals surface area contributed by atoms with Gasteiger partial charge in [-0.25, -0.2) is 4.79 Å². The average molecular weight is 389 g/mol. The van der Waals surface area contributed by atoms with Crippen molar-refractivity contribution >= 4 is 11.9 Å². The maximum Gasteiger partial charge on any atom is 0.410 e. The lowest BCUT2D eigenvalue weighted by Gasteiger charge is -2.48. The molecule has 0 saturated carbocycles. The van der Waals surface area contributed by atoms with E-state index >= 15 is 0 Å². The lowest BCUT2D eigenvalue weighted by atomic mass is 9.79. The molecule has 6 nitrogen and oxygen atoms in total. The molecule has 1 amide bonds. The summed E-state index contributed by atoms with van der Waals surface area (Å²) in [5.41, 5.74) is 2.09. The zero-order valence-corrected chi connectivity index (χ0v) is 17.7. The molecule has 0 spiro atoms. The minimum absolute atomic E-state index is 0.122. The predicted octanol–water partition coefficient (Wildman–Crippen LogP) is 3.91. The van der Waals surface area contributed by atoms with E-state index in [0.29, 0.717) is 26.1 Å². The van der Waals surface area contributed by atoms with E-state index in [1.54, 1.807) is 12.0 Å². The highest BCUT2D eigenvalue weighted by Gasteiger charge is 2.45. The minimum Gasteiger partial charge on any atom is -0.497 e. The third kappa shape index (κ3) is 4.17. The summed E-state index contributed by atoms with van der Waals surface area (Å²) in [6.07, 6.45) is 0.882. The molecule has 0 radical (unpaired) electrons. The minimum atomic E-state index is -0.545. The number of nitrogens with zero attached hydrogens (tertiary/aromatic N) is 1. The van der Waals surface area contributed by atoms with Crippen molar-refractivity contribution in [3.63, 3.8) is 0 Å². The van der Waals surface area contributed by atoms with E-state index in [4.69, 9.17) is 14.2 Å². The number of methoxy groups -OCH3 is 1. The average Bonchev–Trinajstić information content (AvgIpc) is 2.58. The number of aryl methyl sites for hydroxylation is 2. The molecular formula is C22H31NO5.